The third-order valence-corrected chi connectivity index (χ3v) is 4.48. The lowest BCUT2D eigenvalue weighted by molar-refractivity contribution is 0.0596. The van der Waals surface area contributed by atoms with Gasteiger partial charge in [0.25, 0.3) is 0 Å². The lowest BCUT2D eigenvalue weighted by atomic mass is 10.1. The van der Waals surface area contributed by atoms with Crippen molar-refractivity contribution in [2.45, 2.75) is 37.8 Å². The molecule has 1 aromatic rings. The number of nitrogens with zero attached hydrogens (tertiary/aromatic N) is 1. The molecule has 1 aromatic carbocycles. The smallest absolute Gasteiger partial charge is 0.339 e. The first-order valence-electron chi connectivity index (χ1n) is 6.86. The maximum absolute atomic E-state index is 12.6. The van der Waals surface area contributed by atoms with Crippen LogP contribution in [0.25, 0.3) is 0 Å². The molecule has 0 spiro atoms. The van der Waals surface area contributed by atoms with Gasteiger partial charge in [-0.15, -0.1) is 0 Å². The molecule has 0 saturated heterocycles. The van der Waals surface area contributed by atoms with Crippen molar-refractivity contribution >= 4 is 16.0 Å². The van der Waals surface area contributed by atoms with Crippen LogP contribution in [0.3, 0.4) is 0 Å². The van der Waals surface area contributed by atoms with Gasteiger partial charge in [-0.1, -0.05) is 6.07 Å². The quantitative estimate of drug-likeness (QED) is 0.831. The highest BCUT2D eigenvalue weighted by molar-refractivity contribution is 7.89. The minimum Gasteiger partial charge on any atom is -0.465 e. The van der Waals surface area contributed by atoms with Gasteiger partial charge in [0, 0.05) is 12.1 Å². The Morgan fingerprint density at radius 1 is 1.27 bits per heavy atom. The number of esters is 1. The van der Waals surface area contributed by atoms with E-state index < -0.39 is 21.5 Å². The predicted octanol–water partition coefficient (Wildman–Crippen LogP) is 1.61. The molecule has 0 aliphatic carbocycles. The monoisotopic (exact) mass is 328 g/mol. The molecule has 1 rings (SSSR count). The molecule has 0 aromatic heterocycles. The lowest BCUT2D eigenvalue weighted by Gasteiger charge is -2.22. The van der Waals surface area contributed by atoms with Crippen molar-refractivity contribution in [3.63, 3.8) is 0 Å². The first kappa shape index (κ1) is 18.6. The van der Waals surface area contributed by atoms with Crippen LogP contribution in [0.4, 0.5) is 0 Å². The molecule has 0 aliphatic rings. The summed E-state index contributed by atoms with van der Waals surface area (Å²) in [6, 6.07) is 4.73. The average Bonchev–Trinajstić information content (AvgIpc) is 2.34. The van der Waals surface area contributed by atoms with Crippen molar-refractivity contribution in [2.24, 2.45) is 0 Å². The number of nitrogens with one attached hydrogen (secondary N) is 1. The molecule has 7 heteroatoms. The molecule has 0 saturated carbocycles. The summed E-state index contributed by atoms with van der Waals surface area (Å²) >= 11 is 0. The van der Waals surface area contributed by atoms with Gasteiger partial charge in [-0.25, -0.2) is 17.9 Å². The van der Waals surface area contributed by atoms with E-state index in [2.05, 4.69) is 9.46 Å². The highest BCUT2D eigenvalue weighted by Crippen LogP contribution is 2.21. The number of methoxy groups -OCH3 is 1. The average molecular weight is 328 g/mol. The van der Waals surface area contributed by atoms with Crippen LogP contribution < -0.4 is 4.72 Å². The minimum absolute atomic E-state index is 0.0294. The summed E-state index contributed by atoms with van der Waals surface area (Å²) in [4.78, 5) is 13.7. The molecule has 0 heterocycles. The Labute approximate surface area is 132 Å². The number of hydrogen-bond acceptors (Lipinski definition) is 5. The van der Waals surface area contributed by atoms with Crippen LogP contribution >= 0.6 is 0 Å². The molecule has 0 unspecified atom stereocenters. The number of carbonyl (C=O) groups excluding carboxylic acids is 1. The number of hydrogen-bond donors (Lipinski definition) is 1. The van der Waals surface area contributed by atoms with E-state index in [-0.39, 0.29) is 10.5 Å². The van der Waals surface area contributed by atoms with Crippen LogP contribution in [0.5, 0.6) is 0 Å². The minimum atomic E-state index is -3.83. The Hall–Kier alpha value is -1.44. The summed E-state index contributed by atoms with van der Waals surface area (Å²) < 4.78 is 32.4. The fourth-order valence-electron chi connectivity index (χ4n) is 1.99. The lowest BCUT2D eigenvalue weighted by Crippen LogP contribution is -2.41. The van der Waals surface area contributed by atoms with Crippen molar-refractivity contribution in [3.8, 4) is 0 Å². The van der Waals surface area contributed by atoms with Gasteiger partial charge in [0.05, 0.1) is 17.6 Å². The van der Waals surface area contributed by atoms with Crippen LogP contribution in [-0.2, 0) is 21.3 Å². The third kappa shape index (κ3) is 5.08. The van der Waals surface area contributed by atoms with Crippen molar-refractivity contribution in [1.29, 1.82) is 0 Å². The van der Waals surface area contributed by atoms with Gasteiger partial charge in [0.15, 0.2) is 0 Å². The Kier molecular flexibility index (Phi) is 5.72. The summed E-state index contributed by atoms with van der Waals surface area (Å²) in [6.45, 7) is 5.80. The van der Waals surface area contributed by atoms with Crippen molar-refractivity contribution in [1.82, 2.24) is 9.62 Å². The second kappa shape index (κ2) is 6.76. The van der Waals surface area contributed by atoms with Gasteiger partial charge in [0.1, 0.15) is 0 Å². The van der Waals surface area contributed by atoms with Gasteiger partial charge in [-0.05, 0) is 52.6 Å². The first-order valence-corrected chi connectivity index (χ1v) is 8.34. The number of carbonyl (C=O) groups is 1. The van der Waals surface area contributed by atoms with E-state index in [1.165, 1.54) is 19.2 Å². The molecule has 0 radical (unpaired) electrons. The van der Waals surface area contributed by atoms with Crippen LogP contribution in [-0.4, -0.2) is 46.0 Å². The van der Waals surface area contributed by atoms with Gasteiger partial charge < -0.3 is 9.64 Å². The normalized spacial score (nSPS) is 12.5. The fourth-order valence-corrected chi connectivity index (χ4v) is 3.65. The summed E-state index contributed by atoms with van der Waals surface area (Å²) in [5.41, 5.74) is 0.178. The maximum Gasteiger partial charge on any atom is 0.339 e. The third-order valence-electron chi connectivity index (χ3n) is 2.68. The SMILES string of the molecule is COC(=O)c1ccc(CN(C)C)cc1S(=O)(=O)NC(C)(C)C. The van der Waals surface area contributed by atoms with E-state index in [9.17, 15) is 13.2 Å². The second-order valence-electron chi connectivity index (χ2n) is 6.42. The number of rotatable bonds is 5. The molecule has 0 atom stereocenters. The Morgan fingerprint density at radius 3 is 2.32 bits per heavy atom. The van der Waals surface area contributed by atoms with Crippen LogP contribution in [0.1, 0.15) is 36.7 Å². The number of benzene rings is 1. The summed E-state index contributed by atoms with van der Waals surface area (Å²) in [7, 11) is 1.16. The summed E-state index contributed by atoms with van der Waals surface area (Å²) in [5.74, 6) is -0.675. The molecule has 6 nitrogen and oxygen atoms in total. The topological polar surface area (TPSA) is 75.7 Å². The zero-order valence-electron chi connectivity index (χ0n) is 13.9. The van der Waals surface area contributed by atoms with Gasteiger partial charge in [-0.3, -0.25) is 0 Å². The van der Waals surface area contributed by atoms with E-state index in [1.54, 1.807) is 26.8 Å². The van der Waals surface area contributed by atoms with E-state index in [4.69, 9.17) is 0 Å². The Balaban J connectivity index is 3.42. The van der Waals surface area contributed by atoms with Crippen molar-refractivity contribution < 1.29 is 17.9 Å². The fraction of sp³-hybridized carbons (Fsp3) is 0.533. The van der Waals surface area contributed by atoms with E-state index in [1.807, 2.05) is 19.0 Å². The van der Waals surface area contributed by atoms with Crippen molar-refractivity contribution in [3.05, 3.63) is 29.3 Å². The molecule has 22 heavy (non-hydrogen) atoms. The molecule has 0 bridgehead atoms. The van der Waals surface area contributed by atoms with Gasteiger partial charge in [-0.2, -0.15) is 0 Å². The zero-order chi connectivity index (χ0) is 17.1. The first-order chi connectivity index (χ1) is 9.96. The summed E-state index contributed by atoms with van der Waals surface area (Å²) in [6.07, 6.45) is 0. The highest BCUT2D eigenvalue weighted by Gasteiger charge is 2.27. The number of ether oxygens (including phenoxy) is 1. The van der Waals surface area contributed by atoms with E-state index in [0.717, 1.165) is 5.56 Å². The van der Waals surface area contributed by atoms with E-state index >= 15 is 0 Å². The summed E-state index contributed by atoms with van der Waals surface area (Å²) in [5, 5.41) is 0. The Bertz CT molecular complexity index is 646. The molecule has 1 N–H and O–H groups in total. The van der Waals surface area contributed by atoms with Gasteiger partial charge >= 0.3 is 5.97 Å². The molecule has 124 valence electrons. The molecule has 0 aliphatic heterocycles. The highest BCUT2D eigenvalue weighted by atomic mass is 32.2. The second-order valence-corrected chi connectivity index (χ2v) is 8.07. The molecular formula is C15H24N2O4S. The zero-order valence-corrected chi connectivity index (χ0v) is 14.7. The van der Waals surface area contributed by atoms with Gasteiger partial charge in [0.2, 0.25) is 10.0 Å². The molecule has 0 fully saturated rings. The largest absolute Gasteiger partial charge is 0.465 e. The standard InChI is InChI=1S/C15H24N2O4S/c1-15(2,3)16-22(19,20)13-9-11(10-17(4)5)7-8-12(13)14(18)21-6/h7-9,16H,10H2,1-6H3. The van der Waals surface area contributed by atoms with Crippen molar-refractivity contribution in [2.75, 3.05) is 21.2 Å². The predicted molar refractivity (Wildman–Crippen MR) is 85.2 cm³/mol. The van der Waals surface area contributed by atoms with E-state index in [0.29, 0.717) is 6.54 Å². The Morgan fingerprint density at radius 2 is 1.86 bits per heavy atom. The molecule has 0 amide bonds. The molecular weight excluding hydrogens is 304 g/mol. The number of sulfonamides is 1. The van der Waals surface area contributed by atoms with Crippen LogP contribution in [0.2, 0.25) is 0 Å². The van der Waals surface area contributed by atoms with Crippen LogP contribution in [0.15, 0.2) is 23.1 Å². The maximum atomic E-state index is 12.6. The van der Waals surface area contributed by atoms with Crippen LogP contribution in [0, 0.1) is 0 Å².